The summed E-state index contributed by atoms with van der Waals surface area (Å²) < 4.78 is 26.5. The van der Waals surface area contributed by atoms with E-state index in [1.54, 1.807) is 20.8 Å². The van der Waals surface area contributed by atoms with Crippen molar-refractivity contribution in [1.29, 1.82) is 5.26 Å². The van der Waals surface area contributed by atoms with Crippen LogP contribution < -0.4 is 0 Å². The van der Waals surface area contributed by atoms with Gasteiger partial charge in [-0.05, 0) is 20.8 Å². The second-order valence-corrected chi connectivity index (χ2v) is 4.18. The molecule has 0 fully saturated rings. The van der Waals surface area contributed by atoms with Crippen molar-refractivity contribution in [2.75, 3.05) is 13.2 Å². The number of phosphoric acid groups is 1. The first kappa shape index (κ1) is 13.6. The van der Waals surface area contributed by atoms with Crippen molar-refractivity contribution in [3.63, 3.8) is 0 Å². The molecule has 0 aliphatic rings. The molecule has 0 spiro atoms. The summed E-state index contributed by atoms with van der Waals surface area (Å²) in [5.74, 6) is 0. The van der Waals surface area contributed by atoms with Crippen LogP contribution in [0.2, 0.25) is 0 Å². The molecule has 0 N–H and O–H groups in total. The maximum atomic E-state index is 11.7. The van der Waals surface area contributed by atoms with Crippen LogP contribution in [0.15, 0.2) is 0 Å². The van der Waals surface area contributed by atoms with Crippen molar-refractivity contribution in [2.24, 2.45) is 0 Å². The van der Waals surface area contributed by atoms with E-state index in [1.165, 1.54) is 0 Å². The molecular weight excluding hydrogens is 205 g/mol. The Balaban J connectivity index is 4.22. The van der Waals surface area contributed by atoms with Crippen molar-refractivity contribution < 1.29 is 18.1 Å². The van der Waals surface area contributed by atoms with E-state index < -0.39 is 13.9 Å². The zero-order valence-corrected chi connectivity index (χ0v) is 9.62. The van der Waals surface area contributed by atoms with Gasteiger partial charge in [0.2, 0.25) is 0 Å². The first-order valence-electron chi connectivity index (χ1n) is 4.52. The van der Waals surface area contributed by atoms with Gasteiger partial charge in [-0.15, -0.1) is 0 Å². The topological polar surface area (TPSA) is 68.6 Å². The van der Waals surface area contributed by atoms with Crippen LogP contribution in [-0.2, 0) is 18.1 Å². The number of hydrogen-bond acceptors (Lipinski definition) is 5. The number of nitrogens with zero attached hydrogens (tertiary/aromatic N) is 1. The Morgan fingerprint density at radius 2 is 1.86 bits per heavy atom. The molecule has 0 radical (unpaired) electrons. The quantitative estimate of drug-likeness (QED) is 0.617. The highest BCUT2D eigenvalue weighted by molar-refractivity contribution is 7.48. The SMILES string of the molecule is CCOP(=O)(OCC)OC(C)CC#N. The number of hydrogen-bond donors (Lipinski definition) is 0. The molecule has 6 heteroatoms. The van der Waals surface area contributed by atoms with Crippen molar-refractivity contribution in [2.45, 2.75) is 33.3 Å². The molecule has 0 amide bonds. The lowest BCUT2D eigenvalue weighted by atomic mass is 10.3. The molecule has 0 aromatic rings. The van der Waals surface area contributed by atoms with Crippen molar-refractivity contribution >= 4 is 7.82 Å². The standard InChI is InChI=1S/C8H16NO4P/c1-4-11-14(10,12-5-2)13-8(3)6-7-9/h8H,4-6H2,1-3H3. The summed E-state index contributed by atoms with van der Waals surface area (Å²) in [5, 5.41) is 8.39. The molecule has 14 heavy (non-hydrogen) atoms. The molecule has 1 unspecified atom stereocenters. The largest absolute Gasteiger partial charge is 0.475 e. The summed E-state index contributed by atoms with van der Waals surface area (Å²) in [6.45, 7) is 5.54. The summed E-state index contributed by atoms with van der Waals surface area (Å²) in [5.41, 5.74) is 0. The van der Waals surface area contributed by atoms with Gasteiger partial charge in [0.25, 0.3) is 0 Å². The second kappa shape index (κ2) is 6.97. The average molecular weight is 221 g/mol. The van der Waals surface area contributed by atoms with Gasteiger partial charge in [0.1, 0.15) is 0 Å². The fraction of sp³-hybridized carbons (Fsp3) is 0.875. The molecule has 0 aliphatic heterocycles. The molecule has 0 heterocycles. The summed E-state index contributed by atoms with van der Waals surface area (Å²) in [6, 6.07) is 1.92. The van der Waals surface area contributed by atoms with E-state index >= 15 is 0 Å². The van der Waals surface area contributed by atoms with Crippen LogP contribution in [0.25, 0.3) is 0 Å². The number of phosphoric ester groups is 1. The normalized spacial score (nSPS) is 13.6. The van der Waals surface area contributed by atoms with Gasteiger partial charge >= 0.3 is 7.82 Å². The van der Waals surface area contributed by atoms with Gasteiger partial charge in [-0.3, -0.25) is 13.6 Å². The zero-order valence-electron chi connectivity index (χ0n) is 8.73. The predicted octanol–water partition coefficient (Wildman–Crippen LogP) is 2.49. The molecule has 0 saturated heterocycles. The fourth-order valence-corrected chi connectivity index (χ4v) is 2.14. The molecule has 0 aromatic carbocycles. The summed E-state index contributed by atoms with van der Waals surface area (Å²) >= 11 is 0. The maximum absolute atomic E-state index is 11.7. The summed E-state index contributed by atoms with van der Waals surface area (Å²) in [6.07, 6.45) is -0.298. The first-order chi connectivity index (χ1) is 6.58. The Labute approximate surface area is 84.6 Å². The molecule has 0 saturated carbocycles. The maximum Gasteiger partial charge on any atom is 0.475 e. The molecule has 0 aromatic heterocycles. The second-order valence-electron chi connectivity index (χ2n) is 2.56. The van der Waals surface area contributed by atoms with Gasteiger partial charge in [0.15, 0.2) is 0 Å². The van der Waals surface area contributed by atoms with E-state index in [0.717, 1.165) is 0 Å². The van der Waals surface area contributed by atoms with E-state index in [2.05, 4.69) is 0 Å². The minimum absolute atomic E-state index is 0.157. The lowest BCUT2D eigenvalue weighted by Gasteiger charge is -2.19. The third kappa shape index (κ3) is 5.36. The van der Waals surface area contributed by atoms with Crippen LogP contribution >= 0.6 is 7.82 Å². The van der Waals surface area contributed by atoms with E-state index in [9.17, 15) is 4.57 Å². The highest BCUT2D eigenvalue weighted by Crippen LogP contribution is 2.50. The predicted molar refractivity (Wildman–Crippen MR) is 51.6 cm³/mol. The molecule has 0 bridgehead atoms. The third-order valence-corrected chi connectivity index (χ3v) is 3.03. The van der Waals surface area contributed by atoms with Gasteiger partial charge < -0.3 is 0 Å². The van der Waals surface area contributed by atoms with Gasteiger partial charge in [-0.2, -0.15) is 5.26 Å². The van der Waals surface area contributed by atoms with Crippen LogP contribution in [0.4, 0.5) is 0 Å². The first-order valence-corrected chi connectivity index (χ1v) is 5.98. The van der Waals surface area contributed by atoms with Gasteiger partial charge in [0.05, 0.1) is 31.8 Å². The highest BCUT2D eigenvalue weighted by atomic mass is 31.2. The van der Waals surface area contributed by atoms with Gasteiger partial charge in [-0.25, -0.2) is 4.57 Å². The molecule has 0 aliphatic carbocycles. The van der Waals surface area contributed by atoms with E-state index in [0.29, 0.717) is 0 Å². The van der Waals surface area contributed by atoms with Crippen molar-refractivity contribution in [1.82, 2.24) is 0 Å². The Kier molecular flexibility index (Phi) is 6.77. The van der Waals surface area contributed by atoms with Crippen LogP contribution in [0.1, 0.15) is 27.2 Å². The van der Waals surface area contributed by atoms with Gasteiger partial charge in [-0.1, -0.05) is 0 Å². The molecule has 5 nitrogen and oxygen atoms in total. The smallest absolute Gasteiger partial charge is 0.287 e. The van der Waals surface area contributed by atoms with Crippen LogP contribution in [0, 0.1) is 11.3 Å². The fourth-order valence-electron chi connectivity index (χ4n) is 0.801. The van der Waals surface area contributed by atoms with E-state index in [-0.39, 0.29) is 19.6 Å². The monoisotopic (exact) mass is 221 g/mol. The average Bonchev–Trinajstić information content (AvgIpc) is 2.04. The van der Waals surface area contributed by atoms with Gasteiger partial charge in [0, 0.05) is 0 Å². The van der Waals surface area contributed by atoms with Crippen molar-refractivity contribution in [3.05, 3.63) is 0 Å². The number of rotatable bonds is 7. The third-order valence-electron chi connectivity index (χ3n) is 1.26. The lowest BCUT2D eigenvalue weighted by molar-refractivity contribution is 0.0926. The Morgan fingerprint density at radius 3 is 2.21 bits per heavy atom. The molecule has 0 rings (SSSR count). The van der Waals surface area contributed by atoms with Crippen LogP contribution in [-0.4, -0.2) is 19.3 Å². The van der Waals surface area contributed by atoms with Crippen LogP contribution in [0.5, 0.6) is 0 Å². The molecular formula is C8H16NO4P. The Morgan fingerprint density at radius 1 is 1.36 bits per heavy atom. The minimum Gasteiger partial charge on any atom is -0.287 e. The summed E-state index contributed by atoms with van der Waals surface area (Å²) in [4.78, 5) is 0. The minimum atomic E-state index is -3.46. The molecule has 82 valence electrons. The van der Waals surface area contributed by atoms with Crippen LogP contribution in [0.3, 0.4) is 0 Å². The van der Waals surface area contributed by atoms with E-state index in [4.69, 9.17) is 18.8 Å². The zero-order chi connectivity index (χ0) is 11.0. The highest BCUT2D eigenvalue weighted by Gasteiger charge is 2.27. The van der Waals surface area contributed by atoms with E-state index in [1.807, 2.05) is 6.07 Å². The molecule has 1 atom stereocenters. The Bertz CT molecular complexity index is 228. The lowest BCUT2D eigenvalue weighted by Crippen LogP contribution is -2.09. The summed E-state index contributed by atoms with van der Waals surface area (Å²) in [7, 11) is -3.46. The van der Waals surface area contributed by atoms with Crippen molar-refractivity contribution in [3.8, 4) is 6.07 Å². The number of nitriles is 1. The Hall–Kier alpha value is -0.400.